The fourth-order valence-electron chi connectivity index (χ4n) is 3.81. The lowest BCUT2D eigenvalue weighted by Gasteiger charge is -2.33. The average molecular weight is 389 g/mol. The van der Waals surface area contributed by atoms with E-state index in [9.17, 15) is 9.90 Å². The number of carboxylic acid groups (broad SMARTS) is 1. The summed E-state index contributed by atoms with van der Waals surface area (Å²) in [6, 6.07) is 7.19. The zero-order valence-corrected chi connectivity index (χ0v) is 15.6. The molecule has 2 heterocycles. The molecule has 4 rings (SSSR count). The molecule has 134 valence electrons. The Bertz CT molecular complexity index is 893. The number of allylic oxidation sites excluding steroid dienone is 2. The maximum atomic E-state index is 12.3. The Balaban J connectivity index is 1.96. The van der Waals surface area contributed by atoms with Gasteiger partial charge in [-0.25, -0.2) is 4.79 Å². The first-order valence-corrected chi connectivity index (χ1v) is 9.44. The summed E-state index contributed by atoms with van der Waals surface area (Å²) in [5.41, 5.74) is 2.54. The van der Waals surface area contributed by atoms with E-state index in [2.05, 4.69) is 4.90 Å². The van der Waals surface area contributed by atoms with E-state index in [0.717, 1.165) is 37.1 Å². The zero-order valence-electron chi connectivity index (χ0n) is 14.1. The van der Waals surface area contributed by atoms with Gasteiger partial charge in [-0.3, -0.25) is 4.99 Å². The third kappa shape index (κ3) is 3.08. The second kappa shape index (κ2) is 6.93. The highest BCUT2D eigenvalue weighted by molar-refractivity contribution is 6.32. The maximum Gasteiger partial charge on any atom is 0.340 e. The van der Waals surface area contributed by atoms with Crippen LogP contribution >= 0.6 is 23.2 Å². The first-order chi connectivity index (χ1) is 12.5. The van der Waals surface area contributed by atoms with Gasteiger partial charge in [0.15, 0.2) is 0 Å². The van der Waals surface area contributed by atoms with Gasteiger partial charge in [0.25, 0.3) is 0 Å². The molecule has 0 saturated carbocycles. The van der Waals surface area contributed by atoms with Gasteiger partial charge in [-0.15, -0.1) is 0 Å². The van der Waals surface area contributed by atoms with Gasteiger partial charge in [-0.2, -0.15) is 0 Å². The Morgan fingerprint density at radius 3 is 2.69 bits per heavy atom. The number of nitrogens with zero attached hydrogens (tertiary/aromatic N) is 2. The van der Waals surface area contributed by atoms with Gasteiger partial charge in [0.05, 0.1) is 6.04 Å². The Kier molecular flexibility index (Phi) is 4.63. The lowest BCUT2D eigenvalue weighted by molar-refractivity contribution is -0.132. The van der Waals surface area contributed by atoms with Crippen molar-refractivity contribution in [3.05, 3.63) is 63.2 Å². The molecule has 1 aromatic rings. The van der Waals surface area contributed by atoms with E-state index in [1.165, 1.54) is 0 Å². The van der Waals surface area contributed by atoms with Crippen molar-refractivity contribution in [1.29, 1.82) is 0 Å². The molecule has 3 aliphatic rings. The monoisotopic (exact) mass is 388 g/mol. The lowest BCUT2D eigenvalue weighted by Crippen LogP contribution is -2.37. The van der Waals surface area contributed by atoms with Gasteiger partial charge < -0.3 is 10.0 Å². The van der Waals surface area contributed by atoms with Crippen molar-refractivity contribution in [1.82, 2.24) is 4.90 Å². The topological polar surface area (TPSA) is 52.9 Å². The third-order valence-electron chi connectivity index (χ3n) is 4.96. The van der Waals surface area contributed by atoms with E-state index in [1.807, 2.05) is 24.3 Å². The minimum absolute atomic E-state index is 0.120. The van der Waals surface area contributed by atoms with Crippen LogP contribution in [0.15, 0.2) is 57.6 Å². The summed E-state index contributed by atoms with van der Waals surface area (Å²) in [5.74, 6) is -0.394. The predicted molar refractivity (Wildman–Crippen MR) is 105 cm³/mol. The summed E-state index contributed by atoms with van der Waals surface area (Å²) >= 11 is 12.4. The highest BCUT2D eigenvalue weighted by atomic mass is 35.5. The fraction of sp³-hybridized carbons (Fsp3) is 0.300. The molecule has 1 aromatic carbocycles. The lowest BCUT2D eigenvalue weighted by atomic mass is 9.82. The van der Waals surface area contributed by atoms with Crippen LogP contribution in [0, 0.1) is 0 Å². The first kappa shape index (κ1) is 17.4. The molecule has 2 aliphatic heterocycles. The third-order valence-corrected chi connectivity index (χ3v) is 5.46. The summed E-state index contributed by atoms with van der Waals surface area (Å²) in [6.07, 6.45) is 6.54. The number of hydrogen-bond acceptors (Lipinski definition) is 3. The number of carbonyl (C=O) groups is 1. The number of hydrogen-bond donors (Lipinski definition) is 1. The largest absolute Gasteiger partial charge is 0.478 e. The van der Waals surface area contributed by atoms with Gasteiger partial charge in [0, 0.05) is 28.7 Å². The summed E-state index contributed by atoms with van der Waals surface area (Å²) in [6.45, 7) is 1.67. The molecule has 1 saturated heterocycles. The highest BCUT2D eigenvalue weighted by Gasteiger charge is 2.36. The summed E-state index contributed by atoms with van der Waals surface area (Å²) in [4.78, 5) is 19.2. The second-order valence-electron chi connectivity index (χ2n) is 6.65. The van der Waals surface area contributed by atoms with E-state index in [0.29, 0.717) is 27.9 Å². The van der Waals surface area contributed by atoms with E-state index < -0.39 is 5.97 Å². The van der Waals surface area contributed by atoms with Crippen LogP contribution in [-0.2, 0) is 4.79 Å². The van der Waals surface area contributed by atoms with Crippen molar-refractivity contribution in [2.45, 2.75) is 25.3 Å². The SMILES string of the molecule is O=C(O)C1=C(c2cccc(Cl)c2)C2=CC(Cl)=CCC2N=C1N1CCCC1. The van der Waals surface area contributed by atoms with Crippen LogP contribution in [0.3, 0.4) is 0 Å². The molecule has 0 bridgehead atoms. The molecule has 0 radical (unpaired) electrons. The Hall–Kier alpha value is -2.04. The summed E-state index contributed by atoms with van der Waals surface area (Å²) < 4.78 is 0. The summed E-state index contributed by atoms with van der Waals surface area (Å²) in [7, 11) is 0. The number of benzene rings is 1. The average Bonchev–Trinajstić information content (AvgIpc) is 3.14. The van der Waals surface area contributed by atoms with Crippen molar-refractivity contribution < 1.29 is 9.90 Å². The van der Waals surface area contributed by atoms with Crippen LogP contribution in [-0.4, -0.2) is 40.9 Å². The second-order valence-corrected chi connectivity index (χ2v) is 7.53. The van der Waals surface area contributed by atoms with Crippen LogP contribution in [0.2, 0.25) is 5.02 Å². The Morgan fingerprint density at radius 1 is 1.23 bits per heavy atom. The summed E-state index contributed by atoms with van der Waals surface area (Å²) in [5, 5.41) is 11.2. The molecule has 1 unspecified atom stereocenters. The van der Waals surface area contributed by atoms with Crippen LogP contribution in [0.25, 0.3) is 5.57 Å². The first-order valence-electron chi connectivity index (χ1n) is 8.69. The Labute approximate surface area is 162 Å². The van der Waals surface area contributed by atoms with E-state index in [-0.39, 0.29) is 11.6 Å². The molecular formula is C20H18Cl2N2O2. The van der Waals surface area contributed by atoms with Gasteiger partial charge in [-0.05, 0) is 48.6 Å². The van der Waals surface area contributed by atoms with E-state index in [4.69, 9.17) is 28.2 Å². The van der Waals surface area contributed by atoms with Crippen LogP contribution in [0.4, 0.5) is 0 Å². The minimum Gasteiger partial charge on any atom is -0.478 e. The number of rotatable bonds is 2. The van der Waals surface area contributed by atoms with Gasteiger partial charge in [0.2, 0.25) is 0 Å². The number of aliphatic imine (C=N–C) groups is 1. The Morgan fingerprint density at radius 2 is 2.00 bits per heavy atom. The fourth-order valence-corrected chi connectivity index (χ4v) is 4.21. The van der Waals surface area contributed by atoms with E-state index >= 15 is 0 Å². The standard InChI is InChI=1S/C20H18Cl2N2O2/c21-13-5-3-4-12(10-13)17-15-11-14(22)6-7-16(15)23-19(18(17)20(25)26)24-8-1-2-9-24/h3-6,10-11,16H,1-2,7-9H2,(H,25,26). The molecule has 6 heteroatoms. The van der Waals surface area contributed by atoms with Crippen molar-refractivity contribution in [2.75, 3.05) is 13.1 Å². The number of halogens is 2. The van der Waals surface area contributed by atoms with Gasteiger partial charge in [0.1, 0.15) is 11.4 Å². The molecule has 1 atom stereocenters. The van der Waals surface area contributed by atoms with Gasteiger partial charge >= 0.3 is 5.97 Å². The number of dihydropyridines is 1. The van der Waals surface area contributed by atoms with Crippen molar-refractivity contribution in [3.8, 4) is 0 Å². The molecule has 1 N–H and O–H groups in total. The van der Waals surface area contributed by atoms with E-state index in [1.54, 1.807) is 12.1 Å². The van der Waals surface area contributed by atoms with Crippen LogP contribution < -0.4 is 0 Å². The molecule has 1 aliphatic carbocycles. The molecule has 1 fully saturated rings. The maximum absolute atomic E-state index is 12.3. The molecule has 4 nitrogen and oxygen atoms in total. The molecule has 26 heavy (non-hydrogen) atoms. The minimum atomic E-state index is -0.976. The molecule has 0 spiro atoms. The molecular weight excluding hydrogens is 371 g/mol. The van der Waals surface area contributed by atoms with Crippen molar-refractivity contribution in [2.24, 2.45) is 4.99 Å². The van der Waals surface area contributed by atoms with Crippen molar-refractivity contribution in [3.63, 3.8) is 0 Å². The normalized spacial score (nSPS) is 22.6. The number of likely N-dealkylation sites (tertiary alicyclic amines) is 1. The molecule has 0 amide bonds. The molecule has 0 aromatic heterocycles. The van der Waals surface area contributed by atoms with Crippen LogP contribution in [0.1, 0.15) is 24.8 Å². The zero-order chi connectivity index (χ0) is 18.3. The van der Waals surface area contributed by atoms with Crippen molar-refractivity contribution >= 4 is 40.6 Å². The number of aliphatic carboxylic acids is 1. The predicted octanol–water partition coefficient (Wildman–Crippen LogP) is 4.51. The van der Waals surface area contributed by atoms with Gasteiger partial charge in [-0.1, -0.05) is 41.4 Å². The quantitative estimate of drug-likeness (QED) is 0.810. The number of fused-ring (bicyclic) bond motifs is 1. The number of amidine groups is 1. The smallest absolute Gasteiger partial charge is 0.340 e. The highest BCUT2D eigenvalue weighted by Crippen LogP contribution is 2.40. The number of carboxylic acids is 1. The van der Waals surface area contributed by atoms with Crippen LogP contribution in [0.5, 0.6) is 0 Å².